The molecule has 0 N–H and O–H groups in total. The summed E-state index contributed by atoms with van der Waals surface area (Å²) in [6, 6.07) is -0.262. The molecule has 6 rings (SSSR count). The first-order valence-corrected chi connectivity index (χ1v) is 11.5. The third kappa shape index (κ3) is 3.42. The van der Waals surface area contributed by atoms with Gasteiger partial charge in [0.05, 0.1) is 13.7 Å². The van der Waals surface area contributed by atoms with Crippen molar-refractivity contribution >= 4 is 28.3 Å². The van der Waals surface area contributed by atoms with Crippen LogP contribution < -0.4 is 9.64 Å². The van der Waals surface area contributed by atoms with Crippen LogP contribution in [0.15, 0.2) is 6.20 Å². The van der Waals surface area contributed by atoms with Gasteiger partial charge in [0.15, 0.2) is 11.0 Å². The molecule has 0 radical (unpaired) electrons. The van der Waals surface area contributed by atoms with Crippen molar-refractivity contribution in [2.75, 3.05) is 37.6 Å². The number of anilines is 1. The zero-order valence-corrected chi connectivity index (χ0v) is 17.9. The van der Waals surface area contributed by atoms with E-state index in [0.29, 0.717) is 24.2 Å². The maximum atomic E-state index is 15.0. The van der Waals surface area contributed by atoms with Gasteiger partial charge in [0, 0.05) is 32.3 Å². The number of hydrogen-bond acceptors (Lipinski definition) is 6. The lowest BCUT2D eigenvalue weighted by Crippen LogP contribution is -2.43. The molecule has 9 heteroatoms. The van der Waals surface area contributed by atoms with Crippen molar-refractivity contribution in [1.29, 1.82) is 0 Å². The second kappa shape index (κ2) is 7.37. The van der Waals surface area contributed by atoms with Gasteiger partial charge >= 0.3 is 6.01 Å². The van der Waals surface area contributed by atoms with Crippen LogP contribution in [-0.2, 0) is 0 Å². The number of ether oxygens (including phenoxy) is 1. The normalized spacial score (nSPS) is 34.2. The fraction of sp³-hybridized carbons (Fsp3) is 0.682. The van der Waals surface area contributed by atoms with E-state index in [1.807, 2.05) is 4.90 Å². The van der Waals surface area contributed by atoms with Gasteiger partial charge in [-0.15, -0.1) is 0 Å². The molecule has 3 aliphatic heterocycles. The van der Waals surface area contributed by atoms with Gasteiger partial charge in [-0.25, -0.2) is 13.8 Å². The van der Waals surface area contributed by atoms with Crippen LogP contribution in [0.2, 0.25) is 5.15 Å². The summed E-state index contributed by atoms with van der Waals surface area (Å²) < 4.78 is 52.5. The first kappa shape index (κ1) is 17.7. The average molecular weight is 452 g/mol. The summed E-state index contributed by atoms with van der Waals surface area (Å²) in [5.41, 5.74) is -1.13. The van der Waals surface area contributed by atoms with Gasteiger partial charge in [0.25, 0.3) is 0 Å². The van der Waals surface area contributed by atoms with Gasteiger partial charge in [-0.1, -0.05) is 11.6 Å². The standard InChI is InChI=1S/C22H26ClF2N5O/c23-19-17(25)18-16(10-26-19)20(29-6-2-13-8-14(13)3-7-29)28-21(27-18)31-12-22-4-1-5-30(22)11-15(24)9-22/h10,13-15H,1-9,11-12H2/t13?,14?,15-,22+/m1/s1/i12D2. The summed E-state index contributed by atoms with van der Waals surface area (Å²) in [6.07, 6.45) is 5.00. The minimum atomic E-state index is -2.25. The Labute approximate surface area is 187 Å². The summed E-state index contributed by atoms with van der Waals surface area (Å²) in [4.78, 5) is 16.6. The molecule has 2 aromatic heterocycles. The number of nitrogens with zero attached hydrogens (tertiary/aromatic N) is 5. The van der Waals surface area contributed by atoms with E-state index in [-0.39, 0.29) is 29.6 Å². The summed E-state index contributed by atoms with van der Waals surface area (Å²) in [6.45, 7) is 0.108. The van der Waals surface area contributed by atoms with Crippen molar-refractivity contribution in [2.24, 2.45) is 11.8 Å². The van der Waals surface area contributed by atoms with E-state index in [1.165, 1.54) is 12.6 Å². The van der Waals surface area contributed by atoms with E-state index in [2.05, 4.69) is 19.9 Å². The van der Waals surface area contributed by atoms with E-state index in [0.717, 1.165) is 44.2 Å². The summed E-state index contributed by atoms with van der Waals surface area (Å²) in [7, 11) is 0. The van der Waals surface area contributed by atoms with E-state index < -0.39 is 24.1 Å². The Bertz CT molecular complexity index is 1100. The molecule has 6 nitrogen and oxygen atoms in total. The second-order valence-electron chi connectivity index (χ2n) is 9.36. The van der Waals surface area contributed by atoms with Crippen LogP contribution in [0.25, 0.3) is 10.9 Å². The molecule has 1 saturated carbocycles. The van der Waals surface area contributed by atoms with Crippen LogP contribution >= 0.6 is 11.6 Å². The molecule has 3 saturated heterocycles. The molecule has 2 unspecified atom stereocenters. The number of aromatic nitrogens is 3. The lowest BCUT2D eigenvalue weighted by atomic mass is 9.95. The van der Waals surface area contributed by atoms with Crippen LogP contribution in [-0.4, -0.2) is 64.3 Å². The Kier molecular flexibility index (Phi) is 4.21. The predicted octanol–water partition coefficient (Wildman–Crippen LogP) is 4.01. The number of alkyl halides is 1. The first-order valence-electron chi connectivity index (χ1n) is 12.1. The molecular weight excluding hydrogens is 424 g/mol. The highest BCUT2D eigenvalue weighted by Crippen LogP contribution is 2.46. The summed E-state index contributed by atoms with van der Waals surface area (Å²) in [5.74, 6) is 1.17. The van der Waals surface area contributed by atoms with Crippen molar-refractivity contribution < 1.29 is 16.3 Å². The highest BCUT2D eigenvalue weighted by Gasteiger charge is 2.49. The van der Waals surface area contributed by atoms with E-state index in [1.54, 1.807) is 0 Å². The van der Waals surface area contributed by atoms with Crippen molar-refractivity contribution in [3.05, 3.63) is 17.2 Å². The molecule has 1 aliphatic carbocycles. The summed E-state index contributed by atoms with van der Waals surface area (Å²) in [5, 5.41) is 0.112. The topological polar surface area (TPSA) is 54.4 Å². The summed E-state index contributed by atoms with van der Waals surface area (Å²) >= 11 is 5.93. The van der Waals surface area contributed by atoms with Crippen LogP contribution in [0, 0.1) is 17.7 Å². The molecule has 0 aromatic carbocycles. The Hall–Kier alpha value is -1.80. The predicted molar refractivity (Wildman–Crippen MR) is 114 cm³/mol. The first-order chi connectivity index (χ1) is 15.8. The fourth-order valence-electron chi connectivity index (χ4n) is 5.67. The van der Waals surface area contributed by atoms with Crippen LogP contribution in [0.1, 0.15) is 41.3 Å². The van der Waals surface area contributed by atoms with E-state index >= 15 is 0 Å². The lowest BCUT2D eigenvalue weighted by Gasteiger charge is -2.31. The van der Waals surface area contributed by atoms with Crippen LogP contribution in [0.3, 0.4) is 0 Å². The van der Waals surface area contributed by atoms with Gasteiger partial charge in [-0.3, -0.25) is 4.90 Å². The molecule has 4 aliphatic rings. The zero-order chi connectivity index (χ0) is 23.0. The largest absolute Gasteiger partial charge is 0.461 e. The number of rotatable bonds is 4. The minimum Gasteiger partial charge on any atom is -0.461 e. The van der Waals surface area contributed by atoms with Gasteiger partial charge in [-0.05, 0) is 50.5 Å². The molecule has 4 fully saturated rings. The molecule has 31 heavy (non-hydrogen) atoms. The SMILES string of the molecule is [2H]C([2H])(Oc1nc(N2CCC3CC3CC2)c2cnc(Cl)c(F)c2n1)[C@@]12CCCN1C[C@H](F)C2. The quantitative estimate of drug-likeness (QED) is 0.655. The highest BCUT2D eigenvalue weighted by atomic mass is 35.5. The molecule has 2 aromatic rings. The number of hydrogen-bond donors (Lipinski definition) is 0. The van der Waals surface area contributed by atoms with Crippen molar-refractivity contribution in [2.45, 2.75) is 50.2 Å². The molecule has 0 bridgehead atoms. The Morgan fingerprint density at radius 2 is 2.06 bits per heavy atom. The third-order valence-corrected chi connectivity index (χ3v) is 7.71. The fourth-order valence-corrected chi connectivity index (χ4v) is 5.81. The number of halogens is 3. The van der Waals surface area contributed by atoms with Crippen molar-refractivity contribution in [3.8, 4) is 6.01 Å². The highest BCUT2D eigenvalue weighted by molar-refractivity contribution is 6.30. The van der Waals surface area contributed by atoms with Crippen molar-refractivity contribution in [1.82, 2.24) is 19.9 Å². The average Bonchev–Trinajstić information content (AvgIpc) is 3.32. The lowest BCUT2D eigenvalue weighted by molar-refractivity contribution is 0.107. The molecule has 5 heterocycles. The monoisotopic (exact) mass is 451 g/mol. The Balaban J connectivity index is 1.40. The zero-order valence-electron chi connectivity index (χ0n) is 19.2. The van der Waals surface area contributed by atoms with Gasteiger partial charge in [-0.2, -0.15) is 9.97 Å². The van der Waals surface area contributed by atoms with Crippen molar-refractivity contribution in [3.63, 3.8) is 0 Å². The van der Waals surface area contributed by atoms with Gasteiger partial charge in [0.2, 0.25) is 0 Å². The van der Waals surface area contributed by atoms with Crippen LogP contribution in [0.5, 0.6) is 6.01 Å². The third-order valence-electron chi connectivity index (χ3n) is 7.44. The Morgan fingerprint density at radius 3 is 2.87 bits per heavy atom. The molecular formula is C22H26ClF2N5O. The maximum Gasteiger partial charge on any atom is 0.319 e. The molecule has 166 valence electrons. The second-order valence-corrected chi connectivity index (χ2v) is 9.72. The number of pyridine rings is 1. The van der Waals surface area contributed by atoms with Crippen LogP contribution in [0.4, 0.5) is 14.6 Å². The molecule has 0 amide bonds. The smallest absolute Gasteiger partial charge is 0.319 e. The Morgan fingerprint density at radius 1 is 1.26 bits per heavy atom. The van der Waals surface area contributed by atoms with E-state index in [9.17, 15) is 8.78 Å². The van der Waals surface area contributed by atoms with Gasteiger partial charge < -0.3 is 9.64 Å². The van der Waals surface area contributed by atoms with E-state index in [4.69, 9.17) is 19.1 Å². The maximum absolute atomic E-state index is 15.0. The minimum absolute atomic E-state index is 0.0456. The molecule has 4 atom stereocenters. The molecule has 0 spiro atoms. The number of fused-ring (bicyclic) bond motifs is 3. The van der Waals surface area contributed by atoms with Gasteiger partial charge in [0.1, 0.15) is 24.1 Å².